The standard InChI is InChI=1S/C8H17FN2/c1-6(2)11-8-3-7(9)4-10-5-8/h6-8,10-11H,3-5H2,1-2H3. The van der Waals surface area contributed by atoms with Gasteiger partial charge >= 0.3 is 0 Å². The van der Waals surface area contributed by atoms with E-state index in [1.807, 2.05) is 0 Å². The maximum atomic E-state index is 12.8. The first-order chi connectivity index (χ1) is 5.18. The average Bonchev–Trinajstić information content (AvgIpc) is 1.85. The van der Waals surface area contributed by atoms with Gasteiger partial charge in [0, 0.05) is 25.2 Å². The van der Waals surface area contributed by atoms with Gasteiger partial charge in [0.25, 0.3) is 0 Å². The summed E-state index contributed by atoms with van der Waals surface area (Å²) in [6.07, 6.45) is -0.00875. The Morgan fingerprint density at radius 1 is 1.45 bits per heavy atom. The van der Waals surface area contributed by atoms with Crippen molar-refractivity contribution in [3.05, 3.63) is 0 Å². The summed E-state index contributed by atoms with van der Waals surface area (Å²) in [6, 6.07) is 0.769. The molecule has 2 unspecified atom stereocenters. The van der Waals surface area contributed by atoms with Crippen molar-refractivity contribution in [1.82, 2.24) is 10.6 Å². The second-order valence-corrected chi connectivity index (χ2v) is 3.51. The molecule has 66 valence electrons. The van der Waals surface area contributed by atoms with Crippen molar-refractivity contribution in [1.29, 1.82) is 0 Å². The van der Waals surface area contributed by atoms with Crippen molar-refractivity contribution < 1.29 is 4.39 Å². The van der Waals surface area contributed by atoms with E-state index in [1.54, 1.807) is 0 Å². The van der Waals surface area contributed by atoms with E-state index in [0.717, 1.165) is 6.54 Å². The number of hydrogen-bond donors (Lipinski definition) is 2. The van der Waals surface area contributed by atoms with Crippen molar-refractivity contribution in [2.75, 3.05) is 13.1 Å². The third-order valence-corrected chi connectivity index (χ3v) is 1.87. The van der Waals surface area contributed by atoms with E-state index in [0.29, 0.717) is 25.0 Å². The van der Waals surface area contributed by atoms with Crippen molar-refractivity contribution in [3.63, 3.8) is 0 Å². The minimum absolute atomic E-state index is 0.318. The smallest absolute Gasteiger partial charge is 0.114 e. The van der Waals surface area contributed by atoms with Gasteiger partial charge in [-0.15, -0.1) is 0 Å². The molecule has 1 aliphatic rings. The van der Waals surface area contributed by atoms with Crippen LogP contribution in [0, 0.1) is 0 Å². The van der Waals surface area contributed by atoms with Gasteiger partial charge < -0.3 is 10.6 Å². The fourth-order valence-electron chi connectivity index (χ4n) is 1.49. The molecular weight excluding hydrogens is 143 g/mol. The zero-order valence-electron chi connectivity index (χ0n) is 7.23. The van der Waals surface area contributed by atoms with Gasteiger partial charge in [-0.3, -0.25) is 0 Å². The molecule has 2 N–H and O–H groups in total. The third-order valence-electron chi connectivity index (χ3n) is 1.87. The zero-order chi connectivity index (χ0) is 8.27. The lowest BCUT2D eigenvalue weighted by Crippen LogP contribution is -2.49. The highest BCUT2D eigenvalue weighted by Crippen LogP contribution is 2.06. The maximum Gasteiger partial charge on any atom is 0.114 e. The predicted molar refractivity (Wildman–Crippen MR) is 44.4 cm³/mol. The molecule has 1 aliphatic heterocycles. The van der Waals surface area contributed by atoms with Gasteiger partial charge in [-0.1, -0.05) is 13.8 Å². The Hall–Kier alpha value is -0.150. The van der Waals surface area contributed by atoms with Gasteiger partial charge in [-0.2, -0.15) is 0 Å². The van der Waals surface area contributed by atoms with E-state index >= 15 is 0 Å². The lowest BCUT2D eigenvalue weighted by atomic mass is 10.1. The fraction of sp³-hybridized carbons (Fsp3) is 1.00. The molecule has 0 radical (unpaired) electrons. The van der Waals surface area contributed by atoms with Gasteiger partial charge in [-0.25, -0.2) is 4.39 Å². The highest BCUT2D eigenvalue weighted by Gasteiger charge is 2.20. The van der Waals surface area contributed by atoms with Crippen molar-refractivity contribution in [3.8, 4) is 0 Å². The van der Waals surface area contributed by atoms with Gasteiger partial charge in [0.2, 0.25) is 0 Å². The third kappa shape index (κ3) is 3.16. The van der Waals surface area contributed by atoms with Crippen LogP contribution in [0.2, 0.25) is 0 Å². The Balaban J connectivity index is 2.23. The van der Waals surface area contributed by atoms with Crippen molar-refractivity contribution in [2.45, 2.75) is 38.5 Å². The summed E-state index contributed by atoms with van der Waals surface area (Å²) < 4.78 is 12.8. The number of rotatable bonds is 2. The second-order valence-electron chi connectivity index (χ2n) is 3.51. The molecule has 2 nitrogen and oxygen atoms in total. The first-order valence-corrected chi connectivity index (χ1v) is 4.29. The molecule has 0 saturated carbocycles. The minimum atomic E-state index is -0.667. The summed E-state index contributed by atoms with van der Waals surface area (Å²) >= 11 is 0. The van der Waals surface area contributed by atoms with Crippen LogP contribution in [0.4, 0.5) is 4.39 Å². The van der Waals surface area contributed by atoms with E-state index in [2.05, 4.69) is 24.5 Å². The molecule has 0 aromatic heterocycles. The van der Waals surface area contributed by atoms with Crippen LogP contribution in [0.5, 0.6) is 0 Å². The van der Waals surface area contributed by atoms with Crippen LogP contribution in [0.25, 0.3) is 0 Å². The molecule has 0 spiro atoms. The molecule has 0 aromatic carbocycles. The largest absolute Gasteiger partial charge is 0.312 e. The predicted octanol–water partition coefficient (Wildman–Crippen LogP) is 0.684. The molecular formula is C8H17FN2. The van der Waals surface area contributed by atoms with Crippen LogP contribution >= 0.6 is 0 Å². The monoisotopic (exact) mass is 160 g/mol. The second kappa shape index (κ2) is 4.02. The van der Waals surface area contributed by atoms with Crippen LogP contribution in [0.1, 0.15) is 20.3 Å². The van der Waals surface area contributed by atoms with Gasteiger partial charge in [0.05, 0.1) is 0 Å². The van der Waals surface area contributed by atoms with Gasteiger partial charge in [0.1, 0.15) is 6.17 Å². The number of nitrogens with one attached hydrogen (secondary N) is 2. The van der Waals surface area contributed by atoms with E-state index in [9.17, 15) is 4.39 Å². The highest BCUT2D eigenvalue weighted by atomic mass is 19.1. The van der Waals surface area contributed by atoms with Crippen LogP contribution in [0.3, 0.4) is 0 Å². The Labute approximate surface area is 67.6 Å². The average molecular weight is 160 g/mol. The Morgan fingerprint density at radius 2 is 2.18 bits per heavy atom. The highest BCUT2D eigenvalue weighted by molar-refractivity contribution is 4.81. The number of hydrogen-bond acceptors (Lipinski definition) is 2. The first kappa shape index (κ1) is 8.94. The van der Waals surface area contributed by atoms with Gasteiger partial charge in [0.15, 0.2) is 0 Å². The van der Waals surface area contributed by atoms with E-state index in [-0.39, 0.29) is 0 Å². The molecule has 3 heteroatoms. The van der Waals surface area contributed by atoms with Crippen LogP contribution < -0.4 is 10.6 Å². The molecule has 2 atom stereocenters. The molecule has 0 bridgehead atoms. The summed E-state index contributed by atoms with van der Waals surface area (Å²) in [5, 5.41) is 6.36. The molecule has 1 rings (SSSR count). The molecule has 0 aliphatic carbocycles. The summed E-state index contributed by atoms with van der Waals surface area (Å²) in [4.78, 5) is 0. The Bertz CT molecular complexity index is 115. The quantitative estimate of drug-likeness (QED) is 0.621. The first-order valence-electron chi connectivity index (χ1n) is 4.29. The molecule has 11 heavy (non-hydrogen) atoms. The van der Waals surface area contributed by atoms with E-state index in [4.69, 9.17) is 0 Å². The number of piperidine rings is 1. The van der Waals surface area contributed by atoms with Gasteiger partial charge in [-0.05, 0) is 6.42 Å². The summed E-state index contributed by atoms with van der Waals surface area (Å²) in [7, 11) is 0. The van der Waals surface area contributed by atoms with Crippen molar-refractivity contribution >= 4 is 0 Å². The van der Waals surface area contributed by atoms with Crippen LogP contribution in [-0.2, 0) is 0 Å². The Morgan fingerprint density at radius 3 is 2.73 bits per heavy atom. The molecule has 1 saturated heterocycles. The summed E-state index contributed by atoms with van der Waals surface area (Å²) in [6.45, 7) is 5.60. The summed E-state index contributed by atoms with van der Waals surface area (Å²) in [5.41, 5.74) is 0. The topological polar surface area (TPSA) is 24.1 Å². The van der Waals surface area contributed by atoms with Crippen LogP contribution in [-0.4, -0.2) is 31.3 Å². The molecule has 0 amide bonds. The zero-order valence-corrected chi connectivity index (χ0v) is 7.23. The van der Waals surface area contributed by atoms with Crippen LogP contribution in [0.15, 0.2) is 0 Å². The molecule has 1 heterocycles. The van der Waals surface area contributed by atoms with E-state index < -0.39 is 6.17 Å². The van der Waals surface area contributed by atoms with E-state index in [1.165, 1.54) is 0 Å². The molecule has 0 aromatic rings. The Kier molecular flexibility index (Phi) is 3.27. The lowest BCUT2D eigenvalue weighted by Gasteiger charge is -2.28. The molecule has 1 fully saturated rings. The SMILES string of the molecule is CC(C)NC1CNCC(F)C1. The maximum absolute atomic E-state index is 12.8. The normalized spacial score (nSPS) is 32.7. The lowest BCUT2D eigenvalue weighted by molar-refractivity contribution is 0.223. The summed E-state index contributed by atoms with van der Waals surface area (Å²) in [5.74, 6) is 0. The minimum Gasteiger partial charge on any atom is -0.312 e. The number of alkyl halides is 1. The number of halogens is 1. The fourth-order valence-corrected chi connectivity index (χ4v) is 1.49. The van der Waals surface area contributed by atoms with Crippen molar-refractivity contribution in [2.24, 2.45) is 0 Å².